The summed E-state index contributed by atoms with van der Waals surface area (Å²) in [4.78, 5) is 12.4. The molecule has 2 aromatic carbocycles. The second kappa shape index (κ2) is 4.62. The predicted molar refractivity (Wildman–Crippen MR) is 79.4 cm³/mol. The van der Waals surface area contributed by atoms with Crippen LogP contribution in [0.4, 0.5) is 5.69 Å². The number of carbonyl (C=O) groups excluding carboxylic acids is 1. The molecule has 0 saturated carbocycles. The molecule has 0 saturated heterocycles. The van der Waals surface area contributed by atoms with E-state index in [9.17, 15) is 10.0 Å². The molecule has 0 aromatic heterocycles. The number of nitrogens with zero attached hydrogens (tertiary/aromatic N) is 1. The Hall–Kier alpha value is -1.84. The minimum absolute atomic E-state index is 0.0733. The van der Waals surface area contributed by atoms with Crippen molar-refractivity contribution in [1.29, 1.82) is 0 Å². The molecule has 0 atom stereocenters. The summed E-state index contributed by atoms with van der Waals surface area (Å²) in [6.45, 7) is 1.87. The smallest absolute Gasteiger partial charge is 0.273 e. The van der Waals surface area contributed by atoms with Gasteiger partial charge in [-0.15, -0.1) is 0 Å². The van der Waals surface area contributed by atoms with Gasteiger partial charge in [-0.1, -0.05) is 29.3 Å². The summed E-state index contributed by atoms with van der Waals surface area (Å²) in [5.41, 5.74) is 2.25. The molecular formula is C15H9Cl2NO2. The van der Waals surface area contributed by atoms with Crippen LogP contribution in [0.3, 0.4) is 0 Å². The van der Waals surface area contributed by atoms with E-state index >= 15 is 0 Å². The molecule has 100 valence electrons. The third-order valence-electron chi connectivity index (χ3n) is 3.23. The van der Waals surface area contributed by atoms with E-state index in [1.165, 1.54) is 6.07 Å². The molecule has 20 heavy (non-hydrogen) atoms. The first-order valence-electron chi connectivity index (χ1n) is 5.94. The van der Waals surface area contributed by atoms with E-state index in [0.717, 1.165) is 5.56 Å². The quantitative estimate of drug-likeness (QED) is 0.587. The van der Waals surface area contributed by atoms with Gasteiger partial charge in [-0.05, 0) is 36.8 Å². The first-order valence-corrected chi connectivity index (χ1v) is 6.69. The van der Waals surface area contributed by atoms with Crippen LogP contribution in [-0.4, -0.2) is 16.2 Å². The van der Waals surface area contributed by atoms with Crippen molar-refractivity contribution in [2.24, 2.45) is 0 Å². The van der Waals surface area contributed by atoms with Crippen LogP contribution in [0.2, 0.25) is 10.0 Å². The van der Waals surface area contributed by atoms with E-state index in [0.29, 0.717) is 31.6 Å². The van der Waals surface area contributed by atoms with E-state index in [4.69, 9.17) is 23.2 Å². The molecule has 0 radical (unpaired) electrons. The monoisotopic (exact) mass is 305 g/mol. The number of hydrogen-bond donors (Lipinski definition) is 0. The normalized spacial score (nSPS) is 13.8. The first kappa shape index (κ1) is 13.2. The number of hydrogen-bond acceptors (Lipinski definition) is 2. The number of Topliss-reactive ketones (excluding diaryl/α,β-unsaturated/α-hetero) is 1. The largest absolute Gasteiger partial charge is 0.618 e. The van der Waals surface area contributed by atoms with Crippen molar-refractivity contribution in [1.82, 2.24) is 0 Å². The van der Waals surface area contributed by atoms with Gasteiger partial charge in [0.2, 0.25) is 5.69 Å². The molecular weight excluding hydrogens is 297 g/mol. The van der Waals surface area contributed by atoms with Crippen LogP contribution in [0.15, 0.2) is 36.4 Å². The molecule has 3 rings (SSSR count). The summed E-state index contributed by atoms with van der Waals surface area (Å²) in [5, 5.41) is 13.0. The second-order valence-electron chi connectivity index (χ2n) is 4.62. The molecule has 2 aromatic rings. The molecule has 3 nitrogen and oxygen atoms in total. The molecule has 0 N–H and O–H groups in total. The van der Waals surface area contributed by atoms with E-state index in [-0.39, 0.29) is 11.5 Å². The van der Waals surface area contributed by atoms with Gasteiger partial charge in [0.1, 0.15) is 5.56 Å². The number of benzene rings is 2. The average Bonchev–Trinajstić information content (AvgIpc) is 2.65. The Balaban J connectivity index is 2.18. The number of ketones is 1. The van der Waals surface area contributed by atoms with Gasteiger partial charge < -0.3 is 5.21 Å². The zero-order chi connectivity index (χ0) is 14.4. The maximum absolute atomic E-state index is 12.4. The van der Waals surface area contributed by atoms with Crippen LogP contribution in [0.25, 0.3) is 0 Å². The zero-order valence-corrected chi connectivity index (χ0v) is 12.0. The molecule has 0 aliphatic carbocycles. The highest BCUT2D eigenvalue weighted by Gasteiger charge is 2.36. The molecule has 0 amide bonds. The van der Waals surface area contributed by atoms with Crippen LogP contribution in [-0.2, 0) is 0 Å². The Bertz CT molecular complexity index is 781. The van der Waals surface area contributed by atoms with Crippen LogP contribution in [0.5, 0.6) is 0 Å². The van der Waals surface area contributed by atoms with Crippen molar-refractivity contribution in [3.8, 4) is 0 Å². The lowest BCUT2D eigenvalue weighted by molar-refractivity contribution is -0.355. The summed E-state index contributed by atoms with van der Waals surface area (Å²) < 4.78 is 0.649. The SMILES string of the molecule is Cc1ccc2c(c1)C(=O)C(c1ccc(Cl)c(Cl)c1)=[N+]2[O-]. The van der Waals surface area contributed by atoms with Crippen molar-refractivity contribution < 1.29 is 9.53 Å². The van der Waals surface area contributed by atoms with Gasteiger partial charge in [-0.25, -0.2) is 0 Å². The summed E-state index contributed by atoms with van der Waals surface area (Å²) in [7, 11) is 0. The lowest BCUT2D eigenvalue weighted by atomic mass is 10.0. The Labute approximate surface area is 125 Å². The minimum atomic E-state index is -0.294. The average molecular weight is 306 g/mol. The van der Waals surface area contributed by atoms with Gasteiger partial charge in [-0.2, -0.15) is 4.74 Å². The van der Waals surface area contributed by atoms with E-state index in [1.807, 2.05) is 6.92 Å². The van der Waals surface area contributed by atoms with Gasteiger partial charge in [0.25, 0.3) is 11.5 Å². The number of fused-ring (bicyclic) bond motifs is 1. The van der Waals surface area contributed by atoms with Crippen molar-refractivity contribution >= 4 is 40.4 Å². The maximum Gasteiger partial charge on any atom is 0.273 e. The number of carbonyl (C=O) groups is 1. The molecule has 1 aliphatic rings. The van der Waals surface area contributed by atoms with Crippen molar-refractivity contribution in [3.63, 3.8) is 0 Å². The molecule has 0 fully saturated rings. The van der Waals surface area contributed by atoms with Gasteiger partial charge >= 0.3 is 0 Å². The standard InChI is InChI=1S/C15H9Cl2NO2/c1-8-2-5-13-10(6-8)15(19)14(18(13)20)9-3-4-11(16)12(17)7-9/h2-7H,1H3. The molecule has 1 aliphatic heterocycles. The fourth-order valence-corrected chi connectivity index (χ4v) is 2.54. The van der Waals surface area contributed by atoms with Crippen molar-refractivity contribution in [2.75, 3.05) is 0 Å². The predicted octanol–water partition coefficient (Wildman–Crippen LogP) is 4.13. The third-order valence-corrected chi connectivity index (χ3v) is 3.97. The zero-order valence-electron chi connectivity index (χ0n) is 10.5. The van der Waals surface area contributed by atoms with Gasteiger partial charge in [-0.3, -0.25) is 4.79 Å². The molecule has 0 spiro atoms. The van der Waals surface area contributed by atoms with Crippen LogP contribution < -0.4 is 0 Å². The highest BCUT2D eigenvalue weighted by atomic mass is 35.5. The van der Waals surface area contributed by atoms with Crippen molar-refractivity contribution in [3.05, 3.63) is 68.3 Å². The van der Waals surface area contributed by atoms with Gasteiger partial charge in [0, 0.05) is 6.07 Å². The van der Waals surface area contributed by atoms with E-state index in [2.05, 4.69) is 0 Å². The molecule has 0 unspecified atom stereocenters. The lowest BCUT2D eigenvalue weighted by Gasteiger charge is -2.03. The highest BCUT2D eigenvalue weighted by molar-refractivity contribution is 6.52. The number of halogens is 2. The van der Waals surface area contributed by atoms with Gasteiger partial charge in [0.15, 0.2) is 0 Å². The highest BCUT2D eigenvalue weighted by Crippen LogP contribution is 2.30. The second-order valence-corrected chi connectivity index (χ2v) is 5.44. The maximum atomic E-state index is 12.4. The summed E-state index contributed by atoms with van der Waals surface area (Å²) in [6.07, 6.45) is 0. The van der Waals surface area contributed by atoms with Crippen LogP contribution in [0.1, 0.15) is 21.5 Å². The first-order chi connectivity index (χ1) is 9.49. The minimum Gasteiger partial charge on any atom is -0.618 e. The Morgan fingerprint density at radius 2 is 1.80 bits per heavy atom. The van der Waals surface area contributed by atoms with Gasteiger partial charge in [0.05, 0.1) is 15.6 Å². The summed E-state index contributed by atoms with van der Waals surface area (Å²) in [6, 6.07) is 9.88. The van der Waals surface area contributed by atoms with Crippen LogP contribution >= 0.6 is 23.2 Å². The number of aryl methyl sites for hydroxylation is 1. The Kier molecular flexibility index (Phi) is 3.04. The Morgan fingerprint density at radius 3 is 2.50 bits per heavy atom. The topological polar surface area (TPSA) is 43.1 Å². The summed E-state index contributed by atoms with van der Waals surface area (Å²) >= 11 is 11.8. The van der Waals surface area contributed by atoms with E-state index < -0.39 is 0 Å². The fraction of sp³-hybridized carbons (Fsp3) is 0.0667. The van der Waals surface area contributed by atoms with Crippen LogP contribution in [0, 0.1) is 12.1 Å². The molecule has 1 heterocycles. The Morgan fingerprint density at radius 1 is 1.05 bits per heavy atom. The number of rotatable bonds is 1. The summed E-state index contributed by atoms with van der Waals surface area (Å²) in [5.74, 6) is -0.294. The molecule has 5 heteroatoms. The van der Waals surface area contributed by atoms with E-state index in [1.54, 1.807) is 30.3 Å². The van der Waals surface area contributed by atoms with Crippen molar-refractivity contribution in [2.45, 2.75) is 6.92 Å². The fourth-order valence-electron chi connectivity index (χ4n) is 2.24. The third kappa shape index (κ3) is 1.90. The molecule has 0 bridgehead atoms. The lowest BCUT2D eigenvalue weighted by Crippen LogP contribution is -2.16.